The second-order valence-electron chi connectivity index (χ2n) is 17.1. The lowest BCUT2D eigenvalue weighted by molar-refractivity contribution is -0.143. The lowest BCUT2D eigenvalue weighted by atomic mass is 10.0. The van der Waals surface area contributed by atoms with E-state index in [0.29, 0.717) is 25.9 Å². The number of ether oxygens (including phenoxy) is 1. The number of carbonyl (C=O) groups excluding carboxylic acids is 2. The second kappa shape index (κ2) is 46.3. The van der Waals surface area contributed by atoms with E-state index in [2.05, 4.69) is 31.3 Å². The fourth-order valence-corrected chi connectivity index (χ4v) is 7.69. The number of allylic oxidation sites excluding steroid dienone is 2. The molecule has 0 radical (unpaired) electrons. The van der Waals surface area contributed by atoms with Gasteiger partial charge in [0.2, 0.25) is 5.91 Å². The summed E-state index contributed by atoms with van der Waals surface area (Å²) in [6, 6.07) is -0.558. The number of nitrogens with one attached hydrogen (secondary N) is 1. The van der Waals surface area contributed by atoms with Crippen molar-refractivity contribution >= 4 is 11.9 Å². The Hall–Kier alpha value is -1.40. The highest BCUT2D eigenvalue weighted by Crippen LogP contribution is 2.16. The quantitative estimate of drug-likeness (QED) is 0.0324. The molecule has 0 aromatic heterocycles. The number of esters is 1. The summed E-state index contributed by atoms with van der Waals surface area (Å²) in [5, 5.41) is 23.2. The number of unbranched alkanes of at least 4 members (excludes halogenated alkanes) is 33. The third-order valence-corrected chi connectivity index (χ3v) is 11.6. The maximum absolute atomic E-state index is 12.4. The zero-order valence-corrected chi connectivity index (χ0v) is 37.6. The van der Waals surface area contributed by atoms with Crippen LogP contribution >= 0.6 is 0 Å². The van der Waals surface area contributed by atoms with Crippen molar-refractivity contribution in [2.75, 3.05) is 13.2 Å². The number of aliphatic hydroxyl groups excluding tert-OH is 2. The largest absolute Gasteiger partial charge is 0.466 e. The maximum Gasteiger partial charge on any atom is 0.305 e. The van der Waals surface area contributed by atoms with Gasteiger partial charge >= 0.3 is 5.97 Å². The van der Waals surface area contributed by atoms with Crippen molar-refractivity contribution < 1.29 is 24.5 Å². The molecule has 0 fully saturated rings. The molecule has 0 aliphatic carbocycles. The summed E-state index contributed by atoms with van der Waals surface area (Å²) in [5.41, 5.74) is 0. The summed E-state index contributed by atoms with van der Waals surface area (Å²) >= 11 is 0. The van der Waals surface area contributed by atoms with Crippen molar-refractivity contribution in [3.8, 4) is 0 Å². The number of amides is 1. The van der Waals surface area contributed by atoms with Crippen LogP contribution < -0.4 is 5.32 Å². The minimum atomic E-state index is -0.679. The first-order valence-electron chi connectivity index (χ1n) is 24.9. The van der Waals surface area contributed by atoms with Crippen LogP contribution in [0.15, 0.2) is 12.2 Å². The van der Waals surface area contributed by atoms with Crippen LogP contribution in [-0.4, -0.2) is 47.4 Å². The van der Waals surface area contributed by atoms with E-state index in [1.54, 1.807) is 0 Å². The Balaban J connectivity index is 3.51. The highest BCUT2D eigenvalue weighted by Gasteiger charge is 2.20. The normalized spacial score (nSPS) is 12.7. The van der Waals surface area contributed by atoms with E-state index in [9.17, 15) is 19.8 Å². The summed E-state index contributed by atoms with van der Waals surface area (Å²) in [5.74, 6) is -0.0824. The molecule has 0 aliphatic heterocycles. The van der Waals surface area contributed by atoms with Gasteiger partial charge < -0.3 is 20.3 Å². The van der Waals surface area contributed by atoms with Gasteiger partial charge in [0.1, 0.15) is 0 Å². The SMILES string of the molecule is CCCCCCCCCCCCCCCCCCC(O)C(CO)NC(=O)CCCCCCC/C=C\CCCCCOC(=O)CCCCCCCCCCCCC. The summed E-state index contributed by atoms with van der Waals surface area (Å²) in [6.07, 6.45) is 51.7. The van der Waals surface area contributed by atoms with Gasteiger partial charge in [-0.3, -0.25) is 9.59 Å². The van der Waals surface area contributed by atoms with Crippen molar-refractivity contribution in [1.29, 1.82) is 0 Å². The molecule has 0 heterocycles. The van der Waals surface area contributed by atoms with Gasteiger partial charge in [-0.2, -0.15) is 0 Å². The predicted octanol–water partition coefficient (Wildman–Crippen LogP) is 14.6. The smallest absolute Gasteiger partial charge is 0.305 e. The Labute approximate surface area is 349 Å². The van der Waals surface area contributed by atoms with Crippen molar-refractivity contribution in [3.05, 3.63) is 12.2 Å². The fraction of sp³-hybridized carbons (Fsp3) is 0.920. The predicted molar refractivity (Wildman–Crippen MR) is 241 cm³/mol. The Morgan fingerprint density at radius 1 is 0.482 bits per heavy atom. The summed E-state index contributed by atoms with van der Waals surface area (Å²) in [6.45, 7) is 4.89. The van der Waals surface area contributed by atoms with Crippen LogP contribution in [-0.2, 0) is 14.3 Å². The van der Waals surface area contributed by atoms with Gasteiger partial charge in [-0.05, 0) is 57.8 Å². The Morgan fingerprint density at radius 3 is 1.27 bits per heavy atom. The molecule has 2 unspecified atom stereocenters. The minimum Gasteiger partial charge on any atom is -0.466 e. The maximum atomic E-state index is 12.4. The van der Waals surface area contributed by atoms with Crippen LogP contribution in [0.25, 0.3) is 0 Å². The third-order valence-electron chi connectivity index (χ3n) is 11.6. The first-order valence-corrected chi connectivity index (χ1v) is 24.9. The number of rotatable bonds is 46. The molecular weight excluding hydrogens is 695 g/mol. The zero-order valence-electron chi connectivity index (χ0n) is 37.6. The van der Waals surface area contributed by atoms with Crippen LogP contribution in [0.4, 0.5) is 0 Å². The number of hydrogen-bond donors (Lipinski definition) is 3. The molecular formula is C50H97NO5. The third kappa shape index (κ3) is 42.2. The number of aliphatic hydroxyl groups is 2. The Morgan fingerprint density at radius 2 is 0.839 bits per heavy atom. The molecule has 0 aromatic carbocycles. The fourth-order valence-electron chi connectivity index (χ4n) is 7.69. The van der Waals surface area contributed by atoms with Gasteiger partial charge in [-0.25, -0.2) is 0 Å². The van der Waals surface area contributed by atoms with E-state index in [4.69, 9.17) is 4.74 Å². The topological polar surface area (TPSA) is 95.9 Å². The first-order chi connectivity index (χ1) is 27.5. The van der Waals surface area contributed by atoms with Crippen LogP contribution in [0.1, 0.15) is 271 Å². The minimum absolute atomic E-state index is 0.0229. The monoisotopic (exact) mass is 792 g/mol. The van der Waals surface area contributed by atoms with Crippen LogP contribution in [0.2, 0.25) is 0 Å². The van der Waals surface area contributed by atoms with E-state index in [1.165, 1.54) is 161 Å². The highest BCUT2D eigenvalue weighted by molar-refractivity contribution is 5.76. The zero-order chi connectivity index (χ0) is 40.8. The molecule has 0 aliphatic rings. The molecule has 6 nitrogen and oxygen atoms in total. The van der Waals surface area contributed by atoms with Crippen LogP contribution in [0.3, 0.4) is 0 Å². The Bertz CT molecular complexity index is 832. The molecule has 0 aromatic rings. The molecule has 0 saturated carbocycles. The molecule has 0 rings (SSSR count). The van der Waals surface area contributed by atoms with Crippen molar-refractivity contribution in [1.82, 2.24) is 5.32 Å². The van der Waals surface area contributed by atoms with E-state index in [-0.39, 0.29) is 18.5 Å². The van der Waals surface area contributed by atoms with Crippen LogP contribution in [0.5, 0.6) is 0 Å². The van der Waals surface area contributed by atoms with Crippen molar-refractivity contribution in [2.24, 2.45) is 0 Å². The molecule has 0 saturated heterocycles. The van der Waals surface area contributed by atoms with Gasteiger partial charge in [0.05, 0.1) is 25.4 Å². The van der Waals surface area contributed by atoms with Gasteiger partial charge in [0.25, 0.3) is 0 Å². The van der Waals surface area contributed by atoms with E-state index >= 15 is 0 Å². The molecule has 6 heteroatoms. The van der Waals surface area contributed by atoms with Gasteiger partial charge in [0.15, 0.2) is 0 Å². The van der Waals surface area contributed by atoms with Gasteiger partial charge in [0, 0.05) is 12.8 Å². The summed E-state index contributed by atoms with van der Waals surface area (Å²) in [7, 11) is 0. The van der Waals surface area contributed by atoms with E-state index in [1.807, 2.05) is 0 Å². The molecule has 56 heavy (non-hydrogen) atoms. The van der Waals surface area contributed by atoms with Gasteiger partial charge in [-0.15, -0.1) is 0 Å². The van der Waals surface area contributed by atoms with Crippen molar-refractivity contribution in [2.45, 2.75) is 283 Å². The van der Waals surface area contributed by atoms with E-state index < -0.39 is 12.1 Å². The highest BCUT2D eigenvalue weighted by atomic mass is 16.5. The first kappa shape index (κ1) is 54.6. The molecule has 0 spiro atoms. The number of hydrogen-bond acceptors (Lipinski definition) is 5. The lowest BCUT2D eigenvalue weighted by Crippen LogP contribution is -2.45. The number of carbonyl (C=O) groups is 2. The standard InChI is InChI=1S/C50H97NO5/c1-3-5-7-9-11-13-15-16-17-18-19-23-26-30-34-38-42-48(53)47(46-52)51-49(54)43-39-35-31-27-24-20-21-25-29-33-37-41-45-56-50(55)44-40-36-32-28-22-14-12-10-8-6-4-2/h21,25,47-48,52-53H,3-20,22-24,26-46H2,1-2H3,(H,51,54)/b25-21-. The average molecular weight is 792 g/mol. The lowest BCUT2D eigenvalue weighted by Gasteiger charge is -2.22. The Kier molecular flexibility index (Phi) is 45.1. The molecule has 332 valence electrons. The molecule has 3 N–H and O–H groups in total. The molecule has 0 bridgehead atoms. The second-order valence-corrected chi connectivity index (χ2v) is 17.1. The average Bonchev–Trinajstić information content (AvgIpc) is 3.20. The van der Waals surface area contributed by atoms with E-state index in [0.717, 1.165) is 77.0 Å². The summed E-state index contributed by atoms with van der Waals surface area (Å²) < 4.78 is 5.42. The van der Waals surface area contributed by atoms with Crippen LogP contribution in [0, 0.1) is 0 Å². The van der Waals surface area contributed by atoms with Gasteiger partial charge in [-0.1, -0.05) is 212 Å². The molecule has 2 atom stereocenters. The molecule has 1 amide bonds. The van der Waals surface area contributed by atoms with Crippen molar-refractivity contribution in [3.63, 3.8) is 0 Å². The summed E-state index contributed by atoms with van der Waals surface area (Å²) in [4.78, 5) is 24.4.